The fraction of sp³-hybridized carbons (Fsp3) is 0.0952. The van der Waals surface area contributed by atoms with Crippen LogP contribution >= 0.6 is 0 Å². The molecule has 0 fully saturated rings. The standard InChI is InChI=1S/C21H20N4O/c1-16-6-5-9-19(14-16)24-21(23-15-17-10-12-22-13-11-17)25-20(26)18-7-3-2-4-8-18/h2-14H,15H2,1H3,(H2,23,24,25,26). The minimum absolute atomic E-state index is 0.209. The monoisotopic (exact) mass is 344 g/mol. The number of aryl methyl sites for hydroxylation is 1. The fourth-order valence-corrected chi connectivity index (χ4v) is 2.40. The van der Waals surface area contributed by atoms with Crippen molar-refractivity contribution < 1.29 is 4.79 Å². The van der Waals surface area contributed by atoms with E-state index in [4.69, 9.17) is 0 Å². The number of rotatable bonds is 4. The van der Waals surface area contributed by atoms with E-state index in [-0.39, 0.29) is 5.91 Å². The van der Waals surface area contributed by atoms with Gasteiger partial charge in [-0.3, -0.25) is 15.1 Å². The lowest BCUT2D eigenvalue weighted by Gasteiger charge is -2.12. The number of benzene rings is 2. The van der Waals surface area contributed by atoms with Gasteiger partial charge in [-0.05, 0) is 54.4 Å². The van der Waals surface area contributed by atoms with Gasteiger partial charge in [-0.15, -0.1) is 0 Å². The van der Waals surface area contributed by atoms with Gasteiger partial charge in [0, 0.05) is 23.6 Å². The van der Waals surface area contributed by atoms with Crippen LogP contribution in [0.15, 0.2) is 84.1 Å². The lowest BCUT2D eigenvalue weighted by molar-refractivity contribution is 0.0977. The van der Waals surface area contributed by atoms with Crippen molar-refractivity contribution >= 4 is 17.6 Å². The highest BCUT2D eigenvalue weighted by Crippen LogP contribution is 2.10. The van der Waals surface area contributed by atoms with Crippen LogP contribution in [0.5, 0.6) is 0 Å². The van der Waals surface area contributed by atoms with Crippen molar-refractivity contribution in [1.82, 2.24) is 10.3 Å². The molecule has 0 aliphatic carbocycles. The van der Waals surface area contributed by atoms with Crippen molar-refractivity contribution in [2.45, 2.75) is 13.5 Å². The molecule has 0 spiro atoms. The van der Waals surface area contributed by atoms with Gasteiger partial charge in [0.05, 0.1) is 6.54 Å². The van der Waals surface area contributed by atoms with Gasteiger partial charge in [0.2, 0.25) is 5.96 Å². The minimum Gasteiger partial charge on any atom is -0.326 e. The van der Waals surface area contributed by atoms with Crippen LogP contribution in [-0.4, -0.2) is 16.9 Å². The second kappa shape index (κ2) is 8.58. The average Bonchev–Trinajstić information content (AvgIpc) is 2.67. The third-order valence-corrected chi connectivity index (χ3v) is 3.72. The molecule has 0 unspecified atom stereocenters. The zero-order valence-electron chi connectivity index (χ0n) is 14.5. The summed E-state index contributed by atoms with van der Waals surface area (Å²) in [4.78, 5) is 21.0. The second-order valence-corrected chi connectivity index (χ2v) is 5.83. The quantitative estimate of drug-likeness (QED) is 0.559. The summed E-state index contributed by atoms with van der Waals surface area (Å²) < 4.78 is 0. The molecule has 26 heavy (non-hydrogen) atoms. The molecule has 130 valence electrons. The Morgan fingerprint density at radius 1 is 1.00 bits per heavy atom. The molecule has 0 radical (unpaired) electrons. The molecule has 0 saturated heterocycles. The van der Waals surface area contributed by atoms with E-state index in [1.807, 2.05) is 61.5 Å². The number of nitrogens with one attached hydrogen (secondary N) is 2. The molecule has 2 aromatic carbocycles. The van der Waals surface area contributed by atoms with Crippen LogP contribution in [0.4, 0.5) is 5.69 Å². The number of hydrogen-bond donors (Lipinski definition) is 2. The Kier molecular flexibility index (Phi) is 5.72. The summed E-state index contributed by atoms with van der Waals surface area (Å²) in [6.45, 7) is 2.45. The largest absolute Gasteiger partial charge is 0.326 e. The summed E-state index contributed by atoms with van der Waals surface area (Å²) in [6.07, 6.45) is 3.45. The molecule has 5 heteroatoms. The highest BCUT2D eigenvalue weighted by molar-refractivity contribution is 6.09. The Bertz CT molecular complexity index is 892. The SMILES string of the molecule is Cc1cccc(NC(=NCc2ccncc2)NC(=O)c2ccccc2)c1. The zero-order chi connectivity index (χ0) is 18.2. The van der Waals surface area contributed by atoms with E-state index in [0.29, 0.717) is 18.1 Å². The normalized spacial score (nSPS) is 11.0. The summed E-state index contributed by atoms with van der Waals surface area (Å²) in [5.41, 5.74) is 3.58. The molecular formula is C21H20N4O. The van der Waals surface area contributed by atoms with Crippen LogP contribution in [0.3, 0.4) is 0 Å². The maximum atomic E-state index is 12.5. The summed E-state index contributed by atoms with van der Waals surface area (Å²) in [6, 6.07) is 20.8. The van der Waals surface area contributed by atoms with E-state index in [0.717, 1.165) is 16.8 Å². The molecule has 3 rings (SSSR count). The molecule has 3 aromatic rings. The minimum atomic E-state index is -0.209. The number of carbonyl (C=O) groups excluding carboxylic acids is 1. The van der Waals surface area contributed by atoms with Gasteiger partial charge >= 0.3 is 0 Å². The summed E-state index contributed by atoms with van der Waals surface area (Å²) in [5, 5.41) is 6.05. The number of anilines is 1. The number of nitrogens with zero attached hydrogens (tertiary/aromatic N) is 2. The maximum absolute atomic E-state index is 12.5. The Balaban J connectivity index is 1.79. The van der Waals surface area contributed by atoms with Crippen molar-refractivity contribution in [3.63, 3.8) is 0 Å². The summed E-state index contributed by atoms with van der Waals surface area (Å²) in [7, 11) is 0. The van der Waals surface area contributed by atoms with E-state index < -0.39 is 0 Å². The Morgan fingerprint density at radius 2 is 1.77 bits per heavy atom. The number of hydrogen-bond acceptors (Lipinski definition) is 3. The molecule has 0 aliphatic rings. The molecule has 1 amide bonds. The topological polar surface area (TPSA) is 66.4 Å². The van der Waals surface area contributed by atoms with Crippen molar-refractivity contribution in [3.8, 4) is 0 Å². The lowest BCUT2D eigenvalue weighted by Crippen LogP contribution is -2.36. The third kappa shape index (κ3) is 5.01. The summed E-state index contributed by atoms with van der Waals surface area (Å²) in [5.74, 6) is 0.195. The molecular weight excluding hydrogens is 324 g/mol. The summed E-state index contributed by atoms with van der Waals surface area (Å²) >= 11 is 0. The zero-order valence-corrected chi connectivity index (χ0v) is 14.5. The van der Waals surface area contributed by atoms with Gasteiger partial charge in [-0.2, -0.15) is 0 Å². The Hall–Kier alpha value is -3.47. The Morgan fingerprint density at radius 3 is 2.50 bits per heavy atom. The fourth-order valence-electron chi connectivity index (χ4n) is 2.40. The van der Waals surface area contributed by atoms with Crippen molar-refractivity contribution in [2.24, 2.45) is 4.99 Å². The van der Waals surface area contributed by atoms with Crippen LogP contribution in [0.1, 0.15) is 21.5 Å². The first kappa shape index (κ1) is 17.4. The molecule has 1 heterocycles. The van der Waals surface area contributed by atoms with Gasteiger partial charge < -0.3 is 5.32 Å². The van der Waals surface area contributed by atoms with Crippen LogP contribution in [0, 0.1) is 6.92 Å². The van der Waals surface area contributed by atoms with Crippen LogP contribution in [0.25, 0.3) is 0 Å². The maximum Gasteiger partial charge on any atom is 0.257 e. The third-order valence-electron chi connectivity index (χ3n) is 3.72. The second-order valence-electron chi connectivity index (χ2n) is 5.83. The first-order chi connectivity index (χ1) is 12.7. The van der Waals surface area contributed by atoms with E-state index in [2.05, 4.69) is 20.6 Å². The van der Waals surface area contributed by atoms with Gasteiger partial charge in [0.15, 0.2) is 0 Å². The van der Waals surface area contributed by atoms with Crippen LogP contribution in [0.2, 0.25) is 0 Å². The highest BCUT2D eigenvalue weighted by Gasteiger charge is 2.09. The first-order valence-corrected chi connectivity index (χ1v) is 8.34. The number of carbonyl (C=O) groups is 1. The smallest absolute Gasteiger partial charge is 0.257 e. The van der Waals surface area contributed by atoms with E-state index in [1.165, 1.54) is 0 Å². The van der Waals surface area contributed by atoms with Gasteiger partial charge in [-0.25, -0.2) is 4.99 Å². The molecule has 1 aromatic heterocycles. The van der Waals surface area contributed by atoms with Crippen molar-refractivity contribution in [3.05, 3.63) is 95.8 Å². The molecule has 0 atom stereocenters. The van der Waals surface area contributed by atoms with Gasteiger partial charge in [0.1, 0.15) is 0 Å². The molecule has 0 aliphatic heterocycles. The highest BCUT2D eigenvalue weighted by atomic mass is 16.1. The van der Waals surface area contributed by atoms with E-state index in [9.17, 15) is 4.79 Å². The van der Waals surface area contributed by atoms with E-state index >= 15 is 0 Å². The van der Waals surface area contributed by atoms with Crippen LogP contribution < -0.4 is 10.6 Å². The number of guanidine groups is 1. The number of aliphatic imine (C=N–C) groups is 1. The molecule has 0 saturated carbocycles. The Labute approximate surface area is 152 Å². The van der Waals surface area contributed by atoms with Gasteiger partial charge in [-0.1, -0.05) is 30.3 Å². The van der Waals surface area contributed by atoms with Gasteiger partial charge in [0.25, 0.3) is 5.91 Å². The number of pyridine rings is 1. The number of amides is 1. The van der Waals surface area contributed by atoms with Crippen LogP contribution in [-0.2, 0) is 6.54 Å². The number of aromatic nitrogens is 1. The van der Waals surface area contributed by atoms with Crippen molar-refractivity contribution in [2.75, 3.05) is 5.32 Å². The lowest BCUT2D eigenvalue weighted by atomic mass is 10.2. The predicted molar refractivity (Wildman–Crippen MR) is 104 cm³/mol. The van der Waals surface area contributed by atoms with Crippen molar-refractivity contribution in [1.29, 1.82) is 0 Å². The van der Waals surface area contributed by atoms with E-state index in [1.54, 1.807) is 24.5 Å². The predicted octanol–water partition coefficient (Wildman–Crippen LogP) is 3.79. The molecule has 5 nitrogen and oxygen atoms in total. The molecule has 0 bridgehead atoms. The first-order valence-electron chi connectivity index (χ1n) is 8.34. The average molecular weight is 344 g/mol. The molecule has 2 N–H and O–H groups in total.